The van der Waals surface area contributed by atoms with Crippen LogP contribution in [0.1, 0.15) is 24.8 Å². The second kappa shape index (κ2) is 8.02. The molecule has 1 aromatic carbocycles. The molecule has 0 bridgehead atoms. The predicted molar refractivity (Wildman–Crippen MR) is 80.8 cm³/mol. The summed E-state index contributed by atoms with van der Waals surface area (Å²) in [6, 6.07) is 7.79. The zero-order valence-corrected chi connectivity index (χ0v) is 12.2. The lowest BCUT2D eigenvalue weighted by Gasteiger charge is -2.09. The Kier molecular flexibility index (Phi) is 6.02. The van der Waals surface area contributed by atoms with Gasteiger partial charge in [-0.15, -0.1) is 0 Å². The van der Waals surface area contributed by atoms with Crippen LogP contribution >= 0.6 is 0 Å². The van der Waals surface area contributed by atoms with Crippen molar-refractivity contribution in [3.05, 3.63) is 29.8 Å². The fraction of sp³-hybridized carbons (Fsp3) is 0.562. The van der Waals surface area contributed by atoms with E-state index >= 15 is 0 Å². The Labute approximate surface area is 120 Å². The number of nitrogens with one attached hydrogen (secondary N) is 2. The molecule has 2 N–H and O–H groups in total. The van der Waals surface area contributed by atoms with Crippen LogP contribution in [0.15, 0.2) is 24.3 Å². The molecule has 20 heavy (non-hydrogen) atoms. The lowest BCUT2D eigenvalue weighted by atomic mass is 10.2. The van der Waals surface area contributed by atoms with E-state index < -0.39 is 0 Å². The number of carbonyl (C=O) groups is 1. The summed E-state index contributed by atoms with van der Waals surface area (Å²) < 4.78 is 5.54. The summed E-state index contributed by atoms with van der Waals surface area (Å²) >= 11 is 0. The van der Waals surface area contributed by atoms with Crippen molar-refractivity contribution in [3.8, 4) is 0 Å². The van der Waals surface area contributed by atoms with Crippen molar-refractivity contribution >= 4 is 11.6 Å². The number of anilines is 1. The Morgan fingerprint density at radius 2 is 2.15 bits per heavy atom. The first-order valence-corrected chi connectivity index (χ1v) is 7.39. The van der Waals surface area contributed by atoms with Gasteiger partial charge in [-0.3, -0.25) is 4.79 Å². The Bertz CT molecular complexity index is 430. The van der Waals surface area contributed by atoms with Crippen molar-refractivity contribution in [1.82, 2.24) is 5.32 Å². The normalized spacial score (nSPS) is 14.2. The molecular weight excluding hydrogens is 252 g/mol. The lowest BCUT2D eigenvalue weighted by molar-refractivity contribution is -0.115. The molecule has 4 heteroatoms. The Morgan fingerprint density at radius 1 is 1.35 bits per heavy atom. The van der Waals surface area contributed by atoms with Gasteiger partial charge < -0.3 is 15.4 Å². The summed E-state index contributed by atoms with van der Waals surface area (Å²) in [7, 11) is 0. The smallest absolute Gasteiger partial charge is 0.238 e. The van der Waals surface area contributed by atoms with Gasteiger partial charge in [0.1, 0.15) is 0 Å². The minimum Gasteiger partial charge on any atom is -0.381 e. The summed E-state index contributed by atoms with van der Waals surface area (Å²) in [6.45, 7) is 4.83. The first-order valence-electron chi connectivity index (χ1n) is 7.39. The molecule has 0 aromatic heterocycles. The maximum absolute atomic E-state index is 11.7. The second-order valence-electron chi connectivity index (χ2n) is 5.41. The van der Waals surface area contributed by atoms with Crippen LogP contribution in [0.4, 0.5) is 5.69 Å². The highest BCUT2D eigenvalue weighted by atomic mass is 16.5. The van der Waals surface area contributed by atoms with Crippen molar-refractivity contribution in [2.75, 3.05) is 31.6 Å². The Hall–Kier alpha value is -1.39. The Morgan fingerprint density at radius 3 is 2.90 bits per heavy atom. The quantitative estimate of drug-likeness (QED) is 0.681. The van der Waals surface area contributed by atoms with Crippen molar-refractivity contribution in [3.63, 3.8) is 0 Å². The van der Waals surface area contributed by atoms with E-state index in [2.05, 4.69) is 10.6 Å². The van der Waals surface area contributed by atoms with E-state index in [0.29, 0.717) is 6.54 Å². The van der Waals surface area contributed by atoms with E-state index in [0.717, 1.165) is 43.3 Å². The fourth-order valence-corrected chi connectivity index (χ4v) is 1.94. The van der Waals surface area contributed by atoms with Crippen molar-refractivity contribution in [2.24, 2.45) is 5.92 Å². The van der Waals surface area contributed by atoms with Crippen LogP contribution in [0.2, 0.25) is 0 Å². The van der Waals surface area contributed by atoms with Crippen LogP contribution in [0.5, 0.6) is 0 Å². The molecule has 1 aliphatic carbocycles. The summed E-state index contributed by atoms with van der Waals surface area (Å²) in [5, 5.41) is 6.04. The van der Waals surface area contributed by atoms with Gasteiger partial charge in [-0.2, -0.15) is 0 Å². The molecule has 110 valence electrons. The van der Waals surface area contributed by atoms with E-state index in [9.17, 15) is 4.79 Å². The van der Waals surface area contributed by atoms with Crippen LogP contribution < -0.4 is 10.6 Å². The molecule has 0 atom stereocenters. The number of aryl methyl sites for hydroxylation is 1. The van der Waals surface area contributed by atoms with Gasteiger partial charge in [0.15, 0.2) is 0 Å². The molecule has 0 aliphatic heterocycles. The van der Waals surface area contributed by atoms with E-state index in [4.69, 9.17) is 4.74 Å². The van der Waals surface area contributed by atoms with Gasteiger partial charge >= 0.3 is 0 Å². The molecular formula is C16H24N2O2. The number of benzene rings is 1. The third-order valence-electron chi connectivity index (χ3n) is 3.40. The monoisotopic (exact) mass is 276 g/mol. The Balaban J connectivity index is 1.50. The zero-order chi connectivity index (χ0) is 14.2. The molecule has 1 aliphatic rings. The topological polar surface area (TPSA) is 50.4 Å². The van der Waals surface area contributed by atoms with E-state index in [1.54, 1.807) is 0 Å². The molecule has 1 aromatic rings. The molecule has 0 saturated heterocycles. The molecule has 1 fully saturated rings. The summed E-state index contributed by atoms with van der Waals surface area (Å²) in [5.41, 5.74) is 1.96. The maximum atomic E-state index is 11.7. The van der Waals surface area contributed by atoms with Crippen LogP contribution in [0.25, 0.3) is 0 Å². The highest BCUT2D eigenvalue weighted by Crippen LogP contribution is 2.28. The van der Waals surface area contributed by atoms with Gasteiger partial charge in [0.2, 0.25) is 5.91 Å². The molecule has 0 spiro atoms. The number of hydrogen-bond donors (Lipinski definition) is 2. The van der Waals surface area contributed by atoms with E-state index in [1.165, 1.54) is 12.8 Å². The minimum atomic E-state index is -0.00167. The summed E-state index contributed by atoms with van der Waals surface area (Å²) in [6.07, 6.45) is 3.61. The van der Waals surface area contributed by atoms with Gasteiger partial charge in [0.25, 0.3) is 0 Å². The fourth-order valence-electron chi connectivity index (χ4n) is 1.94. The molecule has 0 unspecified atom stereocenters. The predicted octanol–water partition coefficient (Wildman–Crippen LogP) is 2.34. The molecule has 1 amide bonds. The largest absolute Gasteiger partial charge is 0.381 e. The van der Waals surface area contributed by atoms with E-state index in [1.807, 2.05) is 31.2 Å². The first-order chi connectivity index (χ1) is 9.75. The number of carbonyl (C=O) groups excluding carboxylic acids is 1. The average Bonchev–Trinajstić information content (AvgIpc) is 3.24. The molecule has 0 radical (unpaired) electrons. The average molecular weight is 276 g/mol. The van der Waals surface area contributed by atoms with Gasteiger partial charge in [-0.1, -0.05) is 18.2 Å². The van der Waals surface area contributed by atoms with Crippen molar-refractivity contribution in [1.29, 1.82) is 0 Å². The van der Waals surface area contributed by atoms with Crippen LogP contribution in [0.3, 0.4) is 0 Å². The van der Waals surface area contributed by atoms with Gasteiger partial charge in [-0.05, 0) is 50.3 Å². The molecule has 4 nitrogen and oxygen atoms in total. The van der Waals surface area contributed by atoms with Gasteiger partial charge in [-0.25, -0.2) is 0 Å². The standard InChI is InChI=1S/C16H24N2O2/c1-13-5-2-3-6-15(13)18-16(19)11-17-9-4-10-20-12-14-7-8-14/h2-3,5-6,14,17H,4,7-12H2,1H3,(H,18,19). The molecule has 2 rings (SSSR count). The number of ether oxygens (including phenoxy) is 1. The maximum Gasteiger partial charge on any atom is 0.238 e. The molecule has 0 heterocycles. The van der Waals surface area contributed by atoms with Gasteiger partial charge in [0, 0.05) is 18.9 Å². The number of para-hydroxylation sites is 1. The SMILES string of the molecule is Cc1ccccc1NC(=O)CNCCCOCC1CC1. The highest BCUT2D eigenvalue weighted by Gasteiger charge is 2.20. The second-order valence-corrected chi connectivity index (χ2v) is 5.41. The van der Waals surface area contributed by atoms with E-state index in [-0.39, 0.29) is 5.91 Å². The number of amides is 1. The van der Waals surface area contributed by atoms with Crippen LogP contribution in [-0.2, 0) is 9.53 Å². The third kappa shape index (κ3) is 5.72. The van der Waals surface area contributed by atoms with Gasteiger partial charge in [0.05, 0.1) is 6.54 Å². The lowest BCUT2D eigenvalue weighted by Crippen LogP contribution is -2.29. The third-order valence-corrected chi connectivity index (χ3v) is 3.40. The van der Waals surface area contributed by atoms with Crippen LogP contribution in [0, 0.1) is 12.8 Å². The molecule has 1 saturated carbocycles. The minimum absolute atomic E-state index is 0.00167. The van der Waals surface area contributed by atoms with Crippen molar-refractivity contribution in [2.45, 2.75) is 26.2 Å². The number of hydrogen-bond acceptors (Lipinski definition) is 3. The first kappa shape index (κ1) is 15.0. The number of rotatable bonds is 9. The summed E-state index contributed by atoms with van der Waals surface area (Å²) in [5.74, 6) is 0.820. The van der Waals surface area contributed by atoms with Crippen molar-refractivity contribution < 1.29 is 9.53 Å². The van der Waals surface area contributed by atoms with Crippen LogP contribution in [-0.4, -0.2) is 32.2 Å². The highest BCUT2D eigenvalue weighted by molar-refractivity contribution is 5.92. The zero-order valence-electron chi connectivity index (χ0n) is 12.2. The summed E-state index contributed by atoms with van der Waals surface area (Å²) in [4.78, 5) is 11.7.